The molecule has 1 fully saturated rings. The van der Waals surface area contributed by atoms with Crippen LogP contribution in [0.3, 0.4) is 0 Å². The lowest BCUT2D eigenvalue weighted by Gasteiger charge is -2.34. The van der Waals surface area contributed by atoms with E-state index in [9.17, 15) is 13.2 Å². The Kier molecular flexibility index (Phi) is 6.19. The van der Waals surface area contributed by atoms with E-state index in [-0.39, 0.29) is 6.04 Å². The smallest absolute Gasteiger partial charge is 0.382 e. The van der Waals surface area contributed by atoms with Crippen LogP contribution in [0.1, 0.15) is 42.9 Å². The molecule has 2 aromatic rings. The van der Waals surface area contributed by atoms with Crippen molar-refractivity contribution in [3.05, 3.63) is 51.5 Å². The van der Waals surface area contributed by atoms with E-state index in [4.69, 9.17) is 0 Å². The van der Waals surface area contributed by atoms with Gasteiger partial charge in [0.05, 0.1) is 5.56 Å². The van der Waals surface area contributed by atoms with Crippen molar-refractivity contribution in [2.45, 2.75) is 54.6 Å². The molecule has 1 saturated heterocycles. The van der Waals surface area contributed by atoms with Gasteiger partial charge in [-0.05, 0) is 67.3 Å². The van der Waals surface area contributed by atoms with Crippen molar-refractivity contribution < 1.29 is 13.2 Å². The van der Waals surface area contributed by atoms with Crippen LogP contribution in [0.25, 0.3) is 0 Å². The summed E-state index contributed by atoms with van der Waals surface area (Å²) < 4.78 is 41.6. The lowest BCUT2D eigenvalue weighted by Crippen LogP contribution is -2.39. The average molecular weight is 485 g/mol. The van der Waals surface area contributed by atoms with Gasteiger partial charge < -0.3 is 10.2 Å². The lowest BCUT2D eigenvalue weighted by molar-refractivity contribution is -0.137. The normalized spacial score (nSPS) is 17.7. The number of rotatable bonds is 4. The number of piperidine rings is 1. The maximum atomic E-state index is 13.6. The molecule has 2 heterocycles. The first-order valence-corrected chi connectivity index (χ1v) is 11.6. The van der Waals surface area contributed by atoms with Crippen molar-refractivity contribution in [1.82, 2.24) is 4.90 Å². The van der Waals surface area contributed by atoms with Gasteiger partial charge >= 0.3 is 6.18 Å². The van der Waals surface area contributed by atoms with E-state index in [0.717, 1.165) is 59.4 Å². The fraction of sp³-hybridized carbons (Fsp3) is 0.455. The standard InChI is InChI=1S/C22H24BrF3N2S/c1-2-7-28-8-5-17(6-9-28)27-19-12-15(22(24,25)26)13-21-18(19)11-14-10-16(23)3-4-20(14)29-21/h3-4,10,12-13,17,27H,2,5-9,11H2,1H3. The number of alkyl halides is 3. The Hall–Kier alpha value is -1.18. The highest BCUT2D eigenvalue weighted by molar-refractivity contribution is 9.10. The summed E-state index contributed by atoms with van der Waals surface area (Å²) in [7, 11) is 0. The van der Waals surface area contributed by atoms with Crippen LogP contribution < -0.4 is 5.32 Å². The van der Waals surface area contributed by atoms with Crippen molar-refractivity contribution in [3.63, 3.8) is 0 Å². The van der Waals surface area contributed by atoms with Gasteiger partial charge in [0.25, 0.3) is 0 Å². The predicted octanol–water partition coefficient (Wildman–Crippen LogP) is 6.81. The van der Waals surface area contributed by atoms with Crippen LogP contribution in [0.4, 0.5) is 18.9 Å². The van der Waals surface area contributed by atoms with Crippen molar-refractivity contribution >= 4 is 33.4 Å². The van der Waals surface area contributed by atoms with E-state index in [0.29, 0.717) is 17.0 Å². The second kappa shape index (κ2) is 8.52. The molecule has 0 amide bonds. The zero-order chi connectivity index (χ0) is 20.6. The highest BCUT2D eigenvalue weighted by Crippen LogP contribution is 2.46. The van der Waals surface area contributed by atoms with Crippen LogP contribution in [0.5, 0.6) is 0 Å². The van der Waals surface area contributed by atoms with Gasteiger partial charge in [-0.25, -0.2) is 0 Å². The lowest BCUT2D eigenvalue weighted by atomic mass is 9.98. The molecule has 2 nitrogen and oxygen atoms in total. The van der Waals surface area contributed by atoms with Crippen LogP contribution in [0, 0.1) is 0 Å². The average Bonchev–Trinajstić information content (AvgIpc) is 2.67. The van der Waals surface area contributed by atoms with Gasteiger partial charge in [0.1, 0.15) is 0 Å². The summed E-state index contributed by atoms with van der Waals surface area (Å²) in [6, 6.07) is 8.80. The first-order valence-electron chi connectivity index (χ1n) is 10.0. The van der Waals surface area contributed by atoms with E-state index in [2.05, 4.69) is 39.1 Å². The third-order valence-electron chi connectivity index (χ3n) is 5.63. The maximum absolute atomic E-state index is 13.6. The molecule has 0 bridgehead atoms. The zero-order valence-electron chi connectivity index (χ0n) is 16.3. The Morgan fingerprint density at radius 2 is 1.90 bits per heavy atom. The van der Waals surface area contributed by atoms with Gasteiger partial charge in [-0.3, -0.25) is 0 Å². The first-order chi connectivity index (χ1) is 13.8. The number of halogens is 4. The van der Waals surface area contributed by atoms with Gasteiger partial charge in [0, 0.05) is 45.5 Å². The molecule has 29 heavy (non-hydrogen) atoms. The molecule has 2 aliphatic heterocycles. The van der Waals surface area contributed by atoms with Gasteiger partial charge in [-0.2, -0.15) is 13.2 Å². The summed E-state index contributed by atoms with van der Waals surface area (Å²) >= 11 is 4.94. The van der Waals surface area contributed by atoms with Gasteiger partial charge in [-0.1, -0.05) is 34.6 Å². The quantitative estimate of drug-likeness (QED) is 0.437. The molecule has 0 saturated carbocycles. The Labute approximate surface area is 182 Å². The highest BCUT2D eigenvalue weighted by atomic mass is 79.9. The number of hydrogen-bond acceptors (Lipinski definition) is 3. The maximum Gasteiger partial charge on any atom is 0.416 e. The zero-order valence-corrected chi connectivity index (χ0v) is 18.7. The molecule has 2 aromatic carbocycles. The monoisotopic (exact) mass is 484 g/mol. The second-order valence-corrected chi connectivity index (χ2v) is 9.79. The van der Waals surface area contributed by atoms with Crippen molar-refractivity contribution in [2.24, 2.45) is 0 Å². The number of anilines is 1. The molecule has 7 heteroatoms. The van der Waals surface area contributed by atoms with E-state index in [1.54, 1.807) is 0 Å². The molecular formula is C22H24BrF3N2S. The largest absolute Gasteiger partial charge is 0.416 e. The first kappa shape index (κ1) is 21.1. The van der Waals surface area contributed by atoms with E-state index >= 15 is 0 Å². The summed E-state index contributed by atoms with van der Waals surface area (Å²) in [5.74, 6) is 0. The molecule has 0 unspecified atom stereocenters. The summed E-state index contributed by atoms with van der Waals surface area (Å²) in [5, 5.41) is 3.48. The highest BCUT2D eigenvalue weighted by Gasteiger charge is 2.34. The predicted molar refractivity (Wildman–Crippen MR) is 116 cm³/mol. The Morgan fingerprint density at radius 3 is 2.59 bits per heavy atom. The fourth-order valence-corrected chi connectivity index (χ4v) is 5.68. The van der Waals surface area contributed by atoms with Crippen molar-refractivity contribution in [3.8, 4) is 0 Å². The topological polar surface area (TPSA) is 15.3 Å². The van der Waals surface area contributed by atoms with Crippen LogP contribution in [-0.4, -0.2) is 30.6 Å². The molecule has 2 aliphatic rings. The minimum Gasteiger partial charge on any atom is -0.382 e. The number of nitrogens with one attached hydrogen (secondary N) is 1. The summed E-state index contributed by atoms with van der Waals surface area (Å²) in [6.45, 7) is 5.26. The molecule has 156 valence electrons. The number of benzene rings is 2. The summed E-state index contributed by atoms with van der Waals surface area (Å²) in [4.78, 5) is 4.17. The van der Waals surface area contributed by atoms with Crippen molar-refractivity contribution in [1.29, 1.82) is 0 Å². The summed E-state index contributed by atoms with van der Waals surface area (Å²) in [5.41, 5.74) is 2.19. The van der Waals surface area contributed by atoms with Crippen LogP contribution >= 0.6 is 27.7 Å². The van der Waals surface area contributed by atoms with Crippen LogP contribution in [0.15, 0.2) is 44.6 Å². The Bertz CT molecular complexity index is 892. The number of nitrogens with zero attached hydrogens (tertiary/aromatic N) is 1. The van der Waals surface area contributed by atoms with Crippen LogP contribution in [-0.2, 0) is 12.6 Å². The Balaban J connectivity index is 1.63. The fourth-order valence-electron chi connectivity index (χ4n) is 4.14. The molecule has 0 spiro atoms. The molecule has 0 atom stereocenters. The van der Waals surface area contributed by atoms with E-state index in [1.807, 2.05) is 12.1 Å². The molecule has 0 aliphatic carbocycles. The van der Waals surface area contributed by atoms with Gasteiger partial charge in [0.15, 0.2) is 0 Å². The minimum absolute atomic E-state index is 0.213. The number of likely N-dealkylation sites (tertiary alicyclic amines) is 1. The van der Waals surface area contributed by atoms with E-state index < -0.39 is 11.7 Å². The van der Waals surface area contributed by atoms with Crippen LogP contribution in [0.2, 0.25) is 0 Å². The van der Waals surface area contributed by atoms with E-state index in [1.165, 1.54) is 23.9 Å². The minimum atomic E-state index is -4.35. The Morgan fingerprint density at radius 1 is 1.14 bits per heavy atom. The SMILES string of the molecule is CCCN1CCC(Nc2cc(C(F)(F)F)cc3c2Cc2cc(Br)ccc2S3)CC1. The van der Waals surface area contributed by atoms with Gasteiger partial charge in [0.2, 0.25) is 0 Å². The third kappa shape index (κ3) is 4.78. The molecule has 4 rings (SSSR count). The molecular weight excluding hydrogens is 461 g/mol. The third-order valence-corrected chi connectivity index (χ3v) is 7.33. The molecule has 1 N–H and O–H groups in total. The van der Waals surface area contributed by atoms with Crippen molar-refractivity contribution in [2.75, 3.05) is 25.0 Å². The number of fused-ring (bicyclic) bond motifs is 2. The molecule has 0 radical (unpaired) electrons. The second-order valence-electron chi connectivity index (χ2n) is 7.79. The number of hydrogen-bond donors (Lipinski definition) is 1. The van der Waals surface area contributed by atoms with Gasteiger partial charge in [-0.15, -0.1) is 0 Å². The summed E-state index contributed by atoms with van der Waals surface area (Å²) in [6.07, 6.45) is -0.658. The molecule has 0 aromatic heterocycles.